The number of unbranched alkanes of at least 4 members (excludes halogenated alkanes) is 1. The molecule has 0 bridgehead atoms. The summed E-state index contributed by atoms with van der Waals surface area (Å²) in [7, 11) is 0. The molecule has 0 amide bonds. The van der Waals surface area contributed by atoms with Crippen molar-refractivity contribution in [2.24, 2.45) is 5.41 Å². The van der Waals surface area contributed by atoms with Gasteiger partial charge in [-0.15, -0.1) is 0 Å². The molecule has 30 heavy (non-hydrogen) atoms. The fraction of sp³-hybridized carbons (Fsp3) is 0.385. The fourth-order valence-electron chi connectivity index (χ4n) is 4.95. The van der Waals surface area contributed by atoms with Crippen molar-refractivity contribution in [3.63, 3.8) is 0 Å². The van der Waals surface area contributed by atoms with Crippen LogP contribution in [0.3, 0.4) is 0 Å². The van der Waals surface area contributed by atoms with Crippen LogP contribution in [0.2, 0.25) is 0 Å². The number of alkyl halides is 3. The average Bonchev–Trinajstić information content (AvgIpc) is 2.81. The predicted octanol–water partition coefficient (Wildman–Crippen LogP) is 5.16. The summed E-state index contributed by atoms with van der Waals surface area (Å²) in [6.07, 6.45) is 4.53. The highest BCUT2D eigenvalue weighted by molar-refractivity contribution is 5.81. The molecule has 4 heteroatoms. The molecule has 1 nitrogen and oxygen atoms in total. The lowest BCUT2D eigenvalue weighted by Crippen LogP contribution is -2.43. The third-order valence-electron chi connectivity index (χ3n) is 6.41. The topological polar surface area (TPSA) is 12.0 Å². The van der Waals surface area contributed by atoms with Gasteiger partial charge in [-0.05, 0) is 45.5 Å². The van der Waals surface area contributed by atoms with E-state index < -0.39 is 6.30 Å². The minimum Gasteiger partial charge on any atom is -0.228 e. The third-order valence-corrected chi connectivity index (χ3v) is 6.41. The van der Waals surface area contributed by atoms with Gasteiger partial charge in [-0.25, -0.2) is 5.32 Å². The molecule has 0 heterocycles. The minimum absolute atomic E-state index is 0.0454. The number of hydrogen-bond donors (Lipinski definition) is 1. The second-order valence-electron chi connectivity index (χ2n) is 9.24. The first-order valence-electron chi connectivity index (χ1n) is 10.6. The van der Waals surface area contributed by atoms with E-state index in [2.05, 4.69) is 81.5 Å². The highest BCUT2D eigenvalue weighted by Crippen LogP contribution is 2.42. The quantitative estimate of drug-likeness (QED) is 0.529. The first-order valence-corrected chi connectivity index (χ1v) is 10.6. The van der Waals surface area contributed by atoms with Gasteiger partial charge in [0.25, 0.3) is 0 Å². The summed E-state index contributed by atoms with van der Waals surface area (Å²) in [6, 6.07) is 15.0. The maximum atomic E-state index is 12.4. The Hall–Kier alpha value is -2.33. The SMILES string of the molecule is CC1(C)C=CC2=c3c(cccc3=C1)C(C)(CCCCNC(F)(F)F)c1ccccc12. The van der Waals surface area contributed by atoms with Crippen LogP contribution in [0.15, 0.2) is 54.6 Å². The Labute approximate surface area is 176 Å². The minimum atomic E-state index is -4.31. The van der Waals surface area contributed by atoms with Crippen molar-refractivity contribution in [1.82, 2.24) is 5.32 Å². The van der Waals surface area contributed by atoms with Crippen LogP contribution < -0.4 is 15.8 Å². The van der Waals surface area contributed by atoms with Crippen LogP contribution in [-0.4, -0.2) is 12.8 Å². The lowest BCUT2D eigenvalue weighted by Gasteiger charge is -2.37. The number of nitrogens with one attached hydrogen (secondary N) is 1. The van der Waals surface area contributed by atoms with Gasteiger partial charge >= 0.3 is 6.30 Å². The van der Waals surface area contributed by atoms with E-state index >= 15 is 0 Å². The summed E-state index contributed by atoms with van der Waals surface area (Å²) in [4.78, 5) is 0. The van der Waals surface area contributed by atoms with Gasteiger partial charge < -0.3 is 0 Å². The van der Waals surface area contributed by atoms with Gasteiger partial charge in [-0.2, -0.15) is 13.2 Å². The number of hydrogen-bond acceptors (Lipinski definition) is 1. The summed E-state index contributed by atoms with van der Waals surface area (Å²) >= 11 is 0. The standard InChI is InChI=1S/C26H28F3N/c1-24(2)15-13-20-19-10-4-5-11-21(19)25(3,14-6-7-16-30-26(27,28)29)22-12-8-9-18(17-24)23(20)22/h4-5,8-13,15,17,30H,6-7,14,16H2,1-3H3. The largest absolute Gasteiger partial charge is 0.457 e. The molecule has 1 atom stereocenters. The molecule has 2 aromatic carbocycles. The second kappa shape index (κ2) is 7.42. The Morgan fingerprint density at radius 3 is 2.40 bits per heavy atom. The Bertz CT molecular complexity index is 1110. The molecule has 0 fully saturated rings. The lowest BCUT2D eigenvalue weighted by molar-refractivity contribution is -0.156. The molecular weight excluding hydrogens is 383 g/mol. The van der Waals surface area contributed by atoms with Crippen molar-refractivity contribution in [3.8, 4) is 0 Å². The van der Waals surface area contributed by atoms with E-state index in [1.807, 2.05) is 0 Å². The van der Waals surface area contributed by atoms with E-state index in [1.54, 1.807) is 5.32 Å². The summed E-state index contributed by atoms with van der Waals surface area (Å²) in [5, 5.41) is 4.15. The number of benzene rings is 2. The fourth-order valence-corrected chi connectivity index (χ4v) is 4.95. The van der Waals surface area contributed by atoms with E-state index in [-0.39, 0.29) is 17.4 Å². The molecule has 1 unspecified atom stereocenters. The van der Waals surface area contributed by atoms with Gasteiger partial charge in [0, 0.05) is 17.4 Å². The van der Waals surface area contributed by atoms with E-state index in [0.29, 0.717) is 6.42 Å². The summed E-state index contributed by atoms with van der Waals surface area (Å²) in [5.41, 5.74) is 4.73. The van der Waals surface area contributed by atoms with Crippen molar-refractivity contribution < 1.29 is 13.2 Å². The third kappa shape index (κ3) is 3.85. The predicted molar refractivity (Wildman–Crippen MR) is 116 cm³/mol. The van der Waals surface area contributed by atoms with Gasteiger partial charge in [0.1, 0.15) is 0 Å². The van der Waals surface area contributed by atoms with Crippen LogP contribution in [0.4, 0.5) is 13.2 Å². The normalized spacial score (nSPS) is 21.5. The summed E-state index contributed by atoms with van der Waals surface area (Å²) in [5.74, 6) is 0. The van der Waals surface area contributed by atoms with Crippen LogP contribution in [-0.2, 0) is 5.41 Å². The first kappa shape index (κ1) is 20.9. The van der Waals surface area contributed by atoms with Crippen molar-refractivity contribution in [3.05, 3.63) is 81.7 Å². The Kier molecular flexibility index (Phi) is 5.17. The van der Waals surface area contributed by atoms with Crippen molar-refractivity contribution >= 4 is 11.6 Å². The first-order chi connectivity index (χ1) is 14.1. The molecule has 2 aliphatic rings. The van der Waals surface area contributed by atoms with E-state index in [9.17, 15) is 13.2 Å². The molecule has 0 saturated heterocycles. The van der Waals surface area contributed by atoms with E-state index in [4.69, 9.17) is 0 Å². The number of fused-ring (bicyclic) bond motifs is 2. The van der Waals surface area contributed by atoms with Gasteiger partial charge in [0.05, 0.1) is 0 Å². The zero-order chi connectivity index (χ0) is 21.6. The molecule has 0 aliphatic heterocycles. The van der Waals surface area contributed by atoms with Crippen molar-refractivity contribution in [2.75, 3.05) is 6.54 Å². The van der Waals surface area contributed by atoms with Crippen LogP contribution >= 0.6 is 0 Å². The zero-order valence-electron chi connectivity index (χ0n) is 17.7. The highest BCUT2D eigenvalue weighted by atomic mass is 19.4. The van der Waals surface area contributed by atoms with Gasteiger partial charge in [0.15, 0.2) is 0 Å². The van der Waals surface area contributed by atoms with Gasteiger partial charge in [-0.1, -0.05) is 87.9 Å². The molecule has 0 spiro atoms. The molecule has 158 valence electrons. The monoisotopic (exact) mass is 411 g/mol. The van der Waals surface area contributed by atoms with Crippen LogP contribution in [0.5, 0.6) is 0 Å². The molecule has 2 aromatic rings. The van der Waals surface area contributed by atoms with E-state index in [1.165, 1.54) is 32.7 Å². The van der Waals surface area contributed by atoms with Crippen LogP contribution in [0.1, 0.15) is 56.7 Å². The number of rotatable bonds is 5. The summed E-state index contributed by atoms with van der Waals surface area (Å²) < 4.78 is 37.3. The maximum Gasteiger partial charge on any atom is 0.457 e. The molecule has 0 aromatic heterocycles. The second-order valence-corrected chi connectivity index (χ2v) is 9.24. The maximum absolute atomic E-state index is 12.4. The van der Waals surface area contributed by atoms with Crippen LogP contribution in [0.25, 0.3) is 11.6 Å². The van der Waals surface area contributed by atoms with Gasteiger partial charge in [0.2, 0.25) is 0 Å². The Morgan fingerprint density at radius 2 is 1.63 bits per heavy atom. The summed E-state index contributed by atoms with van der Waals surface area (Å²) in [6.45, 7) is 6.62. The Balaban J connectivity index is 1.80. The van der Waals surface area contributed by atoms with Crippen molar-refractivity contribution in [1.29, 1.82) is 0 Å². The molecule has 1 N–H and O–H groups in total. The smallest absolute Gasteiger partial charge is 0.228 e. The number of halogens is 3. The molecule has 4 rings (SSSR count). The molecule has 0 radical (unpaired) electrons. The molecule has 0 saturated carbocycles. The molecule has 2 aliphatic carbocycles. The Morgan fingerprint density at radius 1 is 0.900 bits per heavy atom. The van der Waals surface area contributed by atoms with Gasteiger partial charge in [-0.3, -0.25) is 0 Å². The van der Waals surface area contributed by atoms with Crippen LogP contribution in [0, 0.1) is 5.41 Å². The van der Waals surface area contributed by atoms with E-state index in [0.717, 1.165) is 12.8 Å². The zero-order valence-corrected chi connectivity index (χ0v) is 17.7. The lowest BCUT2D eigenvalue weighted by atomic mass is 9.66. The molecular formula is C26H28F3N. The van der Waals surface area contributed by atoms with Crippen molar-refractivity contribution in [2.45, 2.75) is 51.7 Å². The number of allylic oxidation sites excluding steroid dienone is 2. The average molecular weight is 412 g/mol. The highest BCUT2D eigenvalue weighted by Gasteiger charge is 2.36.